The van der Waals surface area contributed by atoms with Crippen molar-refractivity contribution in [2.45, 2.75) is 91.0 Å². The molecule has 4 atom stereocenters. The molecule has 1 aromatic carbocycles. The topological polar surface area (TPSA) is 89.9 Å². The fourth-order valence-electron chi connectivity index (χ4n) is 4.12. The molecule has 0 unspecified atom stereocenters. The first-order valence-corrected chi connectivity index (χ1v) is 10.9. The zero-order valence-corrected chi connectivity index (χ0v) is 19.9. The summed E-state index contributed by atoms with van der Waals surface area (Å²) in [5.41, 5.74) is -1.54. The molecule has 1 aliphatic rings. The van der Waals surface area contributed by atoms with Crippen molar-refractivity contribution in [3.63, 3.8) is 0 Å². The third-order valence-corrected chi connectivity index (χ3v) is 5.36. The molecule has 0 heterocycles. The number of ketones is 1. The monoisotopic (exact) mass is 432 g/mol. The van der Waals surface area contributed by atoms with Crippen molar-refractivity contribution in [2.75, 3.05) is 0 Å². The van der Waals surface area contributed by atoms with Gasteiger partial charge in [0.05, 0.1) is 11.5 Å². The molecule has 0 amide bonds. The minimum absolute atomic E-state index is 0.329. The Morgan fingerprint density at radius 1 is 1.00 bits per heavy atom. The van der Waals surface area contributed by atoms with Gasteiger partial charge in [0, 0.05) is 12.3 Å². The van der Waals surface area contributed by atoms with Gasteiger partial charge >= 0.3 is 11.9 Å². The standard InChI is InChI=1S/C25H36O6/c1-9-15-10-12-16(13-11-15)18-19(21(27)30-23(2,3)4)17(26)14-25(8,29)20(18)22(28)31-24(5,6)7/h10-13,18-20,29H,9,14H2,1-8H3/t18-,19+,20+,25-/m1/s1. The van der Waals surface area contributed by atoms with E-state index in [0.29, 0.717) is 5.56 Å². The predicted octanol–water partition coefficient (Wildman–Crippen LogP) is 3.97. The number of rotatable bonds is 4. The molecule has 6 nitrogen and oxygen atoms in total. The van der Waals surface area contributed by atoms with E-state index in [1.807, 2.05) is 31.2 Å². The van der Waals surface area contributed by atoms with E-state index in [4.69, 9.17) is 9.47 Å². The highest BCUT2D eigenvalue weighted by Gasteiger charge is 2.57. The summed E-state index contributed by atoms with van der Waals surface area (Å²) < 4.78 is 11.2. The van der Waals surface area contributed by atoms with Gasteiger partial charge in [0.2, 0.25) is 0 Å². The van der Waals surface area contributed by atoms with Crippen LogP contribution in [0, 0.1) is 11.8 Å². The molecule has 1 N–H and O–H groups in total. The Bertz CT molecular complexity index is 823. The molecule has 2 rings (SSSR count). The summed E-state index contributed by atoms with van der Waals surface area (Å²) >= 11 is 0. The van der Waals surface area contributed by atoms with E-state index in [-0.39, 0.29) is 6.42 Å². The van der Waals surface area contributed by atoms with Crippen LogP contribution in [-0.2, 0) is 30.3 Å². The first-order valence-electron chi connectivity index (χ1n) is 10.9. The molecule has 1 saturated carbocycles. The summed E-state index contributed by atoms with van der Waals surface area (Å²) in [6, 6.07) is 7.43. The van der Waals surface area contributed by atoms with Gasteiger partial charge in [-0.1, -0.05) is 31.2 Å². The number of hydrogen-bond acceptors (Lipinski definition) is 6. The average Bonchev–Trinajstić information content (AvgIpc) is 2.56. The second-order valence-electron chi connectivity index (χ2n) is 10.6. The molecule has 172 valence electrons. The van der Waals surface area contributed by atoms with E-state index in [1.165, 1.54) is 6.92 Å². The minimum atomic E-state index is -1.66. The second-order valence-corrected chi connectivity index (χ2v) is 10.6. The van der Waals surface area contributed by atoms with Crippen LogP contribution in [0.1, 0.15) is 78.9 Å². The first kappa shape index (κ1) is 25.1. The maximum Gasteiger partial charge on any atom is 0.317 e. The lowest BCUT2D eigenvalue weighted by Gasteiger charge is -2.44. The number of carbonyl (C=O) groups is 3. The van der Waals surface area contributed by atoms with Crippen molar-refractivity contribution in [1.29, 1.82) is 0 Å². The zero-order valence-electron chi connectivity index (χ0n) is 19.9. The van der Waals surface area contributed by atoms with Gasteiger partial charge in [-0.3, -0.25) is 14.4 Å². The highest BCUT2D eigenvalue weighted by molar-refractivity contribution is 6.03. The molecule has 6 heteroatoms. The van der Waals surface area contributed by atoms with Crippen molar-refractivity contribution in [1.82, 2.24) is 0 Å². The van der Waals surface area contributed by atoms with Gasteiger partial charge in [-0.25, -0.2) is 0 Å². The van der Waals surface area contributed by atoms with E-state index in [2.05, 4.69) is 0 Å². The lowest BCUT2D eigenvalue weighted by molar-refractivity contribution is -0.182. The Morgan fingerprint density at radius 2 is 1.48 bits per heavy atom. The van der Waals surface area contributed by atoms with Gasteiger partial charge in [-0.2, -0.15) is 0 Å². The maximum atomic E-state index is 13.3. The third kappa shape index (κ3) is 6.16. The van der Waals surface area contributed by atoms with E-state index in [0.717, 1.165) is 12.0 Å². The Kier molecular flexibility index (Phi) is 7.06. The molecule has 0 spiro atoms. The number of benzene rings is 1. The minimum Gasteiger partial charge on any atom is -0.460 e. The van der Waals surface area contributed by atoms with Gasteiger partial charge in [-0.05, 0) is 66.0 Å². The number of aliphatic hydroxyl groups is 1. The van der Waals surface area contributed by atoms with Crippen LogP contribution in [0.4, 0.5) is 0 Å². The molecule has 31 heavy (non-hydrogen) atoms. The summed E-state index contributed by atoms with van der Waals surface area (Å²) in [6.07, 6.45) is 0.497. The van der Waals surface area contributed by atoms with Crippen LogP contribution in [0.25, 0.3) is 0 Å². The van der Waals surface area contributed by atoms with Crippen LogP contribution in [0.15, 0.2) is 24.3 Å². The summed E-state index contributed by atoms with van der Waals surface area (Å²) in [7, 11) is 0. The lowest BCUT2D eigenvalue weighted by Crippen LogP contribution is -2.56. The van der Waals surface area contributed by atoms with Crippen LogP contribution in [-0.4, -0.2) is 39.6 Å². The summed E-state index contributed by atoms with van der Waals surface area (Å²) in [6.45, 7) is 13.9. The lowest BCUT2D eigenvalue weighted by atomic mass is 9.61. The fraction of sp³-hybridized carbons (Fsp3) is 0.640. The highest BCUT2D eigenvalue weighted by atomic mass is 16.6. The molecule has 0 saturated heterocycles. The number of hydrogen-bond donors (Lipinski definition) is 1. The highest BCUT2D eigenvalue weighted by Crippen LogP contribution is 2.47. The predicted molar refractivity (Wildman–Crippen MR) is 117 cm³/mol. The quantitative estimate of drug-likeness (QED) is 0.572. The molecule has 1 fully saturated rings. The van der Waals surface area contributed by atoms with Gasteiger partial charge in [0.25, 0.3) is 0 Å². The van der Waals surface area contributed by atoms with Crippen LogP contribution in [0.5, 0.6) is 0 Å². The van der Waals surface area contributed by atoms with Crippen LogP contribution in [0.2, 0.25) is 0 Å². The Morgan fingerprint density at radius 3 is 1.94 bits per heavy atom. The molecule has 1 aromatic rings. The van der Waals surface area contributed by atoms with Gasteiger partial charge in [0.1, 0.15) is 17.1 Å². The normalized spacial score (nSPS) is 27.0. The Labute approximate surface area is 185 Å². The molecule has 0 radical (unpaired) electrons. The number of Topliss-reactive ketones (excluding diaryl/α,β-unsaturated/α-hetero) is 1. The number of carbonyl (C=O) groups excluding carboxylic acids is 3. The Balaban J connectivity index is 2.63. The number of ether oxygens (including phenoxy) is 2. The summed E-state index contributed by atoms with van der Waals surface area (Å²) in [5, 5.41) is 11.2. The number of aryl methyl sites for hydroxylation is 1. The molecule has 0 aliphatic heterocycles. The van der Waals surface area contributed by atoms with Crippen molar-refractivity contribution in [2.24, 2.45) is 11.8 Å². The van der Waals surface area contributed by atoms with Crippen molar-refractivity contribution in [3.05, 3.63) is 35.4 Å². The molecule has 0 bridgehead atoms. The van der Waals surface area contributed by atoms with Gasteiger partial charge in [-0.15, -0.1) is 0 Å². The van der Waals surface area contributed by atoms with Crippen molar-refractivity contribution in [3.8, 4) is 0 Å². The van der Waals surface area contributed by atoms with Crippen LogP contribution < -0.4 is 0 Å². The van der Waals surface area contributed by atoms with E-state index >= 15 is 0 Å². The smallest absolute Gasteiger partial charge is 0.317 e. The van der Waals surface area contributed by atoms with Gasteiger partial charge < -0.3 is 14.6 Å². The van der Waals surface area contributed by atoms with Crippen LogP contribution in [0.3, 0.4) is 0 Å². The number of esters is 2. The Hall–Kier alpha value is -2.21. The fourth-order valence-corrected chi connectivity index (χ4v) is 4.12. The van der Waals surface area contributed by atoms with E-state index in [1.54, 1.807) is 41.5 Å². The first-order chi connectivity index (χ1) is 14.1. The zero-order chi connectivity index (χ0) is 23.8. The third-order valence-electron chi connectivity index (χ3n) is 5.36. The van der Waals surface area contributed by atoms with Crippen molar-refractivity contribution >= 4 is 17.7 Å². The SMILES string of the molecule is CCc1ccc([C@@H]2[C@@H](C(=O)OC(C)(C)C)C(=O)C[C@@](C)(O)[C@@H]2C(=O)OC(C)(C)C)cc1. The van der Waals surface area contributed by atoms with E-state index < -0.39 is 52.3 Å². The molecule has 1 aliphatic carbocycles. The van der Waals surface area contributed by atoms with Crippen LogP contribution >= 0.6 is 0 Å². The molecular formula is C25H36O6. The largest absolute Gasteiger partial charge is 0.460 e. The average molecular weight is 433 g/mol. The summed E-state index contributed by atoms with van der Waals surface area (Å²) in [5.74, 6) is -4.97. The molecular weight excluding hydrogens is 396 g/mol. The molecule has 0 aromatic heterocycles. The van der Waals surface area contributed by atoms with Crippen molar-refractivity contribution < 1.29 is 29.0 Å². The second kappa shape index (κ2) is 8.73. The van der Waals surface area contributed by atoms with E-state index in [9.17, 15) is 19.5 Å². The maximum absolute atomic E-state index is 13.3. The van der Waals surface area contributed by atoms with Gasteiger partial charge in [0.15, 0.2) is 5.78 Å². The summed E-state index contributed by atoms with van der Waals surface area (Å²) in [4.78, 5) is 39.5.